The Morgan fingerprint density at radius 3 is 2.67 bits per heavy atom. The summed E-state index contributed by atoms with van der Waals surface area (Å²) in [5.74, 6) is 0.315. The van der Waals surface area contributed by atoms with Crippen molar-refractivity contribution in [3.63, 3.8) is 0 Å². The molecule has 106 valence electrons. The first-order chi connectivity index (χ1) is 10.0. The number of nitrogens with two attached hydrogens (primary N) is 1. The van der Waals surface area contributed by atoms with Gasteiger partial charge in [0.1, 0.15) is 0 Å². The molecule has 0 bridgehead atoms. The number of aromatic nitrogens is 2. The third-order valence-electron chi connectivity index (χ3n) is 2.91. The van der Waals surface area contributed by atoms with Crippen LogP contribution in [0.25, 0.3) is 10.9 Å². The number of hydrogen-bond acceptors (Lipinski definition) is 4. The van der Waals surface area contributed by atoms with E-state index in [2.05, 4.69) is 15.3 Å². The van der Waals surface area contributed by atoms with Gasteiger partial charge in [-0.05, 0) is 36.4 Å². The molecular weight excluding hydrogens is 311 g/mol. The van der Waals surface area contributed by atoms with Gasteiger partial charge >= 0.3 is 0 Å². The highest BCUT2D eigenvalue weighted by molar-refractivity contribution is 6.42. The summed E-state index contributed by atoms with van der Waals surface area (Å²) in [6, 6.07) is 10.0. The lowest BCUT2D eigenvalue weighted by molar-refractivity contribution is 1.17. The van der Waals surface area contributed by atoms with Crippen LogP contribution < -0.4 is 16.6 Å². The third-order valence-corrected chi connectivity index (χ3v) is 3.65. The standard InChI is InChI=1S/C14H10Cl2N4O/c15-10-3-2-8(6-11(10)16)18-14-19-12-4-1-7(17)5-9(12)13(21)20-14/h1-6H,17H2,(H2,18,19,20,21). The lowest BCUT2D eigenvalue weighted by Gasteiger charge is -2.07. The van der Waals surface area contributed by atoms with E-state index in [-0.39, 0.29) is 5.56 Å². The van der Waals surface area contributed by atoms with Crippen LogP contribution in [0.2, 0.25) is 10.0 Å². The van der Waals surface area contributed by atoms with E-state index in [0.717, 1.165) is 0 Å². The van der Waals surface area contributed by atoms with Gasteiger partial charge in [-0.15, -0.1) is 0 Å². The normalized spacial score (nSPS) is 10.8. The summed E-state index contributed by atoms with van der Waals surface area (Å²) < 4.78 is 0. The number of hydrogen-bond donors (Lipinski definition) is 3. The molecule has 21 heavy (non-hydrogen) atoms. The lowest BCUT2D eigenvalue weighted by Crippen LogP contribution is -2.11. The molecule has 0 atom stereocenters. The number of anilines is 3. The number of halogens is 2. The van der Waals surface area contributed by atoms with Crippen molar-refractivity contribution >= 4 is 51.4 Å². The predicted octanol–water partition coefficient (Wildman–Crippen LogP) is 3.56. The fraction of sp³-hybridized carbons (Fsp3) is 0. The number of H-pyrrole nitrogens is 1. The van der Waals surface area contributed by atoms with Crippen molar-refractivity contribution < 1.29 is 0 Å². The molecule has 4 N–H and O–H groups in total. The first-order valence-electron chi connectivity index (χ1n) is 6.04. The zero-order valence-electron chi connectivity index (χ0n) is 10.7. The number of nitrogens with one attached hydrogen (secondary N) is 2. The molecule has 5 nitrogen and oxygen atoms in total. The van der Waals surface area contributed by atoms with E-state index in [1.54, 1.807) is 36.4 Å². The van der Waals surface area contributed by atoms with Gasteiger partial charge in [-0.25, -0.2) is 4.98 Å². The maximum atomic E-state index is 12.0. The lowest BCUT2D eigenvalue weighted by atomic mass is 10.2. The van der Waals surface area contributed by atoms with Crippen LogP contribution in [0.4, 0.5) is 17.3 Å². The van der Waals surface area contributed by atoms with Crippen molar-refractivity contribution in [2.75, 3.05) is 11.1 Å². The fourth-order valence-electron chi connectivity index (χ4n) is 1.93. The van der Waals surface area contributed by atoms with Crippen molar-refractivity contribution in [2.24, 2.45) is 0 Å². The summed E-state index contributed by atoms with van der Waals surface area (Å²) in [4.78, 5) is 19.0. The van der Waals surface area contributed by atoms with Gasteiger partial charge in [-0.3, -0.25) is 9.78 Å². The summed E-state index contributed by atoms with van der Waals surface area (Å²) in [5.41, 5.74) is 7.13. The first-order valence-corrected chi connectivity index (χ1v) is 6.80. The average Bonchev–Trinajstić information content (AvgIpc) is 2.44. The Bertz CT molecular complexity index is 892. The molecule has 0 aliphatic rings. The summed E-state index contributed by atoms with van der Waals surface area (Å²) in [6.45, 7) is 0. The average molecular weight is 321 g/mol. The summed E-state index contributed by atoms with van der Waals surface area (Å²) in [7, 11) is 0. The van der Waals surface area contributed by atoms with Crippen LogP contribution in [0.5, 0.6) is 0 Å². The molecule has 0 fully saturated rings. The van der Waals surface area contributed by atoms with Crippen LogP contribution in [0.1, 0.15) is 0 Å². The van der Waals surface area contributed by atoms with Crippen LogP contribution in [-0.2, 0) is 0 Å². The smallest absolute Gasteiger partial charge is 0.260 e. The Labute approximate surface area is 129 Å². The maximum Gasteiger partial charge on any atom is 0.260 e. The van der Waals surface area contributed by atoms with Crippen molar-refractivity contribution in [1.82, 2.24) is 9.97 Å². The molecule has 7 heteroatoms. The largest absolute Gasteiger partial charge is 0.399 e. The summed E-state index contributed by atoms with van der Waals surface area (Å²) in [6.07, 6.45) is 0. The topological polar surface area (TPSA) is 83.8 Å². The number of benzene rings is 2. The molecule has 0 saturated heterocycles. The highest BCUT2D eigenvalue weighted by Gasteiger charge is 2.06. The SMILES string of the molecule is Nc1ccc2nc(Nc3ccc(Cl)c(Cl)c3)[nH]c(=O)c2c1. The summed E-state index contributed by atoms with van der Waals surface area (Å²) >= 11 is 11.8. The molecule has 0 unspecified atom stereocenters. The molecule has 1 aromatic heterocycles. The van der Waals surface area contributed by atoms with E-state index < -0.39 is 0 Å². The number of fused-ring (bicyclic) bond motifs is 1. The third kappa shape index (κ3) is 2.79. The monoisotopic (exact) mass is 320 g/mol. The van der Waals surface area contributed by atoms with E-state index in [4.69, 9.17) is 28.9 Å². The number of rotatable bonds is 2. The number of nitrogen functional groups attached to an aromatic ring is 1. The van der Waals surface area contributed by atoms with Gasteiger partial charge in [-0.1, -0.05) is 23.2 Å². The molecule has 0 saturated carbocycles. The molecule has 0 radical (unpaired) electrons. The van der Waals surface area contributed by atoms with Crippen LogP contribution in [-0.4, -0.2) is 9.97 Å². The minimum absolute atomic E-state index is 0.269. The van der Waals surface area contributed by atoms with Crippen molar-refractivity contribution in [2.45, 2.75) is 0 Å². The quantitative estimate of drug-likeness (QED) is 0.630. The van der Waals surface area contributed by atoms with E-state index in [0.29, 0.717) is 38.3 Å². The molecule has 0 aliphatic carbocycles. The number of nitrogens with zero attached hydrogens (tertiary/aromatic N) is 1. The van der Waals surface area contributed by atoms with Gasteiger partial charge in [0, 0.05) is 11.4 Å². The molecule has 0 amide bonds. The Balaban J connectivity index is 2.03. The van der Waals surface area contributed by atoms with Crippen molar-refractivity contribution in [3.05, 3.63) is 56.8 Å². The highest BCUT2D eigenvalue weighted by Crippen LogP contribution is 2.26. The fourth-order valence-corrected chi connectivity index (χ4v) is 2.22. The van der Waals surface area contributed by atoms with Crippen LogP contribution in [0, 0.1) is 0 Å². The zero-order chi connectivity index (χ0) is 15.0. The summed E-state index contributed by atoms with van der Waals surface area (Å²) in [5, 5.41) is 4.29. The second-order valence-corrected chi connectivity index (χ2v) is 5.26. The van der Waals surface area contributed by atoms with Gasteiger partial charge in [0.25, 0.3) is 5.56 Å². The van der Waals surface area contributed by atoms with Crippen molar-refractivity contribution in [1.29, 1.82) is 0 Å². The second-order valence-electron chi connectivity index (χ2n) is 4.45. The Morgan fingerprint density at radius 2 is 1.90 bits per heavy atom. The zero-order valence-corrected chi connectivity index (χ0v) is 12.2. The molecule has 0 aliphatic heterocycles. The van der Waals surface area contributed by atoms with Crippen molar-refractivity contribution in [3.8, 4) is 0 Å². The van der Waals surface area contributed by atoms with Crippen LogP contribution in [0.15, 0.2) is 41.2 Å². The van der Waals surface area contributed by atoms with E-state index in [1.807, 2.05) is 0 Å². The molecule has 3 rings (SSSR count). The van der Waals surface area contributed by atoms with Gasteiger partial charge in [0.05, 0.1) is 20.9 Å². The Morgan fingerprint density at radius 1 is 1.10 bits per heavy atom. The molecular formula is C14H10Cl2N4O. The minimum atomic E-state index is -0.269. The van der Waals surface area contributed by atoms with E-state index >= 15 is 0 Å². The number of aromatic amines is 1. The molecule has 3 aromatic rings. The van der Waals surface area contributed by atoms with E-state index in [9.17, 15) is 4.79 Å². The molecule has 1 heterocycles. The van der Waals surface area contributed by atoms with Crippen LogP contribution >= 0.6 is 23.2 Å². The molecule has 2 aromatic carbocycles. The van der Waals surface area contributed by atoms with Gasteiger partial charge in [0.2, 0.25) is 5.95 Å². The van der Waals surface area contributed by atoms with Gasteiger partial charge in [-0.2, -0.15) is 0 Å². The maximum absolute atomic E-state index is 12.0. The van der Waals surface area contributed by atoms with Gasteiger partial charge in [0.15, 0.2) is 0 Å². The second kappa shape index (κ2) is 5.27. The minimum Gasteiger partial charge on any atom is -0.399 e. The van der Waals surface area contributed by atoms with E-state index in [1.165, 1.54) is 0 Å². The first kappa shape index (κ1) is 13.7. The molecule has 0 spiro atoms. The highest BCUT2D eigenvalue weighted by atomic mass is 35.5. The van der Waals surface area contributed by atoms with Gasteiger partial charge < -0.3 is 11.1 Å². The predicted molar refractivity (Wildman–Crippen MR) is 86.5 cm³/mol. The Hall–Kier alpha value is -2.24. The Kier molecular flexibility index (Phi) is 3.45. The van der Waals surface area contributed by atoms with Crippen LogP contribution in [0.3, 0.4) is 0 Å².